The molecular weight excluding hydrogens is 286 g/mol. The molecule has 0 atom stereocenters. The predicted octanol–water partition coefficient (Wildman–Crippen LogP) is 4.74. The minimum Gasteiger partial charge on any atom is -0.457 e. The second-order valence-corrected chi connectivity index (χ2v) is 5.11. The van der Waals surface area contributed by atoms with Gasteiger partial charge in [0.05, 0.1) is 0 Å². The molecule has 1 amide bonds. The standard InChI is InChI=1S/C17H18ClNO2/c1-13-5-2-3-6-16(13)21-15-10-8-14(9-11-15)19-17(20)7-4-12-18/h2-3,5-6,8-11H,4,7,12H2,1H3,(H,19,20). The average molecular weight is 304 g/mol. The Kier molecular flexibility index (Phi) is 5.64. The third-order valence-corrected chi connectivity index (χ3v) is 3.26. The molecule has 0 aromatic heterocycles. The summed E-state index contributed by atoms with van der Waals surface area (Å²) in [5.74, 6) is 2.04. The van der Waals surface area contributed by atoms with Crippen molar-refractivity contribution in [1.82, 2.24) is 0 Å². The van der Waals surface area contributed by atoms with Crippen LogP contribution in [0.4, 0.5) is 5.69 Å². The van der Waals surface area contributed by atoms with Gasteiger partial charge in [0.1, 0.15) is 11.5 Å². The number of ether oxygens (including phenoxy) is 1. The van der Waals surface area contributed by atoms with Crippen LogP contribution in [0.3, 0.4) is 0 Å². The number of nitrogens with one attached hydrogen (secondary N) is 1. The monoisotopic (exact) mass is 303 g/mol. The van der Waals surface area contributed by atoms with Crippen molar-refractivity contribution in [2.24, 2.45) is 0 Å². The highest BCUT2D eigenvalue weighted by Crippen LogP contribution is 2.25. The average Bonchev–Trinajstić information content (AvgIpc) is 2.49. The van der Waals surface area contributed by atoms with Crippen molar-refractivity contribution in [3.05, 3.63) is 54.1 Å². The van der Waals surface area contributed by atoms with Crippen molar-refractivity contribution in [2.45, 2.75) is 19.8 Å². The van der Waals surface area contributed by atoms with Crippen LogP contribution in [0.1, 0.15) is 18.4 Å². The van der Waals surface area contributed by atoms with Crippen LogP contribution in [-0.4, -0.2) is 11.8 Å². The third kappa shape index (κ3) is 4.80. The van der Waals surface area contributed by atoms with Crippen molar-refractivity contribution in [3.63, 3.8) is 0 Å². The van der Waals surface area contributed by atoms with Gasteiger partial charge >= 0.3 is 0 Å². The number of carbonyl (C=O) groups is 1. The van der Waals surface area contributed by atoms with E-state index in [4.69, 9.17) is 16.3 Å². The fraction of sp³-hybridized carbons (Fsp3) is 0.235. The number of halogens is 1. The summed E-state index contributed by atoms with van der Waals surface area (Å²) in [7, 11) is 0. The molecule has 2 aromatic carbocycles. The van der Waals surface area contributed by atoms with Crippen molar-refractivity contribution in [1.29, 1.82) is 0 Å². The molecule has 0 radical (unpaired) electrons. The molecule has 4 heteroatoms. The maximum absolute atomic E-state index is 11.6. The number of para-hydroxylation sites is 1. The van der Waals surface area contributed by atoms with E-state index in [1.54, 1.807) is 0 Å². The molecule has 0 heterocycles. The van der Waals surface area contributed by atoms with E-state index < -0.39 is 0 Å². The van der Waals surface area contributed by atoms with Gasteiger partial charge < -0.3 is 10.1 Å². The number of carbonyl (C=O) groups excluding carboxylic acids is 1. The zero-order valence-corrected chi connectivity index (χ0v) is 12.7. The largest absolute Gasteiger partial charge is 0.457 e. The molecule has 1 N–H and O–H groups in total. The SMILES string of the molecule is Cc1ccccc1Oc1ccc(NC(=O)CCCCl)cc1. The Morgan fingerprint density at radius 3 is 2.52 bits per heavy atom. The number of anilines is 1. The topological polar surface area (TPSA) is 38.3 Å². The summed E-state index contributed by atoms with van der Waals surface area (Å²) in [5.41, 5.74) is 1.84. The van der Waals surface area contributed by atoms with Crippen LogP contribution >= 0.6 is 11.6 Å². The smallest absolute Gasteiger partial charge is 0.224 e. The number of benzene rings is 2. The number of amides is 1. The molecule has 0 spiro atoms. The molecule has 0 aliphatic heterocycles. The minimum absolute atomic E-state index is 0.0248. The van der Waals surface area contributed by atoms with Crippen LogP contribution in [0.15, 0.2) is 48.5 Å². The van der Waals surface area contributed by atoms with Gasteiger partial charge in [-0.3, -0.25) is 4.79 Å². The highest BCUT2D eigenvalue weighted by atomic mass is 35.5. The first-order chi connectivity index (χ1) is 10.2. The first-order valence-corrected chi connectivity index (χ1v) is 7.42. The van der Waals surface area contributed by atoms with Gasteiger partial charge in [0.25, 0.3) is 0 Å². The third-order valence-electron chi connectivity index (χ3n) is 3.00. The van der Waals surface area contributed by atoms with Gasteiger partial charge in [-0.15, -0.1) is 11.6 Å². The second kappa shape index (κ2) is 7.70. The van der Waals surface area contributed by atoms with Crippen LogP contribution in [0.25, 0.3) is 0 Å². The summed E-state index contributed by atoms with van der Waals surface area (Å²) in [5, 5.41) is 2.83. The van der Waals surface area contributed by atoms with Gasteiger partial charge in [0.2, 0.25) is 5.91 Å². The lowest BCUT2D eigenvalue weighted by Gasteiger charge is -2.09. The number of hydrogen-bond acceptors (Lipinski definition) is 2. The van der Waals surface area contributed by atoms with Gasteiger partial charge in [-0.2, -0.15) is 0 Å². The van der Waals surface area contributed by atoms with E-state index in [2.05, 4.69) is 5.32 Å². The molecule has 0 aliphatic rings. The van der Waals surface area contributed by atoms with Gasteiger partial charge in [-0.1, -0.05) is 18.2 Å². The van der Waals surface area contributed by atoms with Crippen LogP contribution in [0.2, 0.25) is 0 Å². The van der Waals surface area contributed by atoms with E-state index in [1.165, 1.54) is 0 Å². The first kappa shape index (κ1) is 15.4. The van der Waals surface area contributed by atoms with Gasteiger partial charge in [-0.25, -0.2) is 0 Å². The van der Waals surface area contributed by atoms with E-state index in [-0.39, 0.29) is 5.91 Å². The molecule has 3 nitrogen and oxygen atoms in total. The predicted molar refractivity (Wildman–Crippen MR) is 86.3 cm³/mol. The number of alkyl halides is 1. The van der Waals surface area contributed by atoms with Crippen LogP contribution < -0.4 is 10.1 Å². The first-order valence-electron chi connectivity index (χ1n) is 6.88. The van der Waals surface area contributed by atoms with E-state index >= 15 is 0 Å². The molecule has 2 aromatic rings. The Bertz CT molecular complexity index is 596. The minimum atomic E-state index is -0.0248. The Labute approximate surface area is 129 Å². The zero-order valence-electron chi connectivity index (χ0n) is 11.9. The molecule has 2 rings (SSSR count). The molecule has 0 aliphatic carbocycles. The second-order valence-electron chi connectivity index (χ2n) is 4.73. The lowest BCUT2D eigenvalue weighted by molar-refractivity contribution is -0.116. The van der Waals surface area contributed by atoms with Crippen molar-refractivity contribution in [2.75, 3.05) is 11.2 Å². The highest BCUT2D eigenvalue weighted by Gasteiger charge is 2.03. The van der Waals surface area contributed by atoms with E-state index in [9.17, 15) is 4.79 Å². The van der Waals surface area contributed by atoms with Crippen molar-refractivity contribution in [3.8, 4) is 11.5 Å². The maximum Gasteiger partial charge on any atom is 0.224 e. The Hall–Kier alpha value is -2.00. The molecule has 110 valence electrons. The summed E-state index contributed by atoms with van der Waals surface area (Å²) in [6.45, 7) is 2.00. The lowest BCUT2D eigenvalue weighted by atomic mass is 10.2. The summed E-state index contributed by atoms with van der Waals surface area (Å²) in [6, 6.07) is 15.2. The fourth-order valence-electron chi connectivity index (χ4n) is 1.86. The summed E-state index contributed by atoms with van der Waals surface area (Å²) in [4.78, 5) is 11.6. The van der Waals surface area contributed by atoms with E-state index in [1.807, 2.05) is 55.5 Å². The molecule has 0 fully saturated rings. The van der Waals surface area contributed by atoms with Crippen LogP contribution in [0.5, 0.6) is 11.5 Å². The van der Waals surface area contributed by atoms with Crippen molar-refractivity contribution < 1.29 is 9.53 Å². The van der Waals surface area contributed by atoms with Crippen LogP contribution in [0, 0.1) is 6.92 Å². The van der Waals surface area contributed by atoms with Gasteiger partial charge in [0.15, 0.2) is 0 Å². The molecule has 0 bridgehead atoms. The van der Waals surface area contributed by atoms with E-state index in [0.717, 1.165) is 22.7 Å². The van der Waals surface area contributed by atoms with Crippen molar-refractivity contribution >= 4 is 23.2 Å². The van der Waals surface area contributed by atoms with Crippen LogP contribution in [-0.2, 0) is 4.79 Å². The number of hydrogen-bond donors (Lipinski definition) is 1. The summed E-state index contributed by atoms with van der Waals surface area (Å²) >= 11 is 5.56. The number of rotatable bonds is 6. The lowest BCUT2D eigenvalue weighted by Crippen LogP contribution is -2.11. The van der Waals surface area contributed by atoms with Gasteiger partial charge in [-0.05, 0) is 49.2 Å². The molecule has 0 saturated heterocycles. The molecule has 0 unspecified atom stereocenters. The maximum atomic E-state index is 11.6. The molecular formula is C17H18ClNO2. The Morgan fingerprint density at radius 2 is 1.86 bits per heavy atom. The Balaban J connectivity index is 1.96. The molecule has 21 heavy (non-hydrogen) atoms. The fourth-order valence-corrected chi connectivity index (χ4v) is 1.99. The summed E-state index contributed by atoms with van der Waals surface area (Å²) in [6.07, 6.45) is 1.12. The van der Waals surface area contributed by atoms with E-state index in [0.29, 0.717) is 18.7 Å². The summed E-state index contributed by atoms with van der Waals surface area (Å²) < 4.78 is 5.80. The normalized spacial score (nSPS) is 10.2. The number of aryl methyl sites for hydroxylation is 1. The van der Waals surface area contributed by atoms with Gasteiger partial charge in [0, 0.05) is 18.0 Å². The molecule has 0 saturated carbocycles. The Morgan fingerprint density at radius 1 is 1.14 bits per heavy atom. The zero-order chi connectivity index (χ0) is 15.1. The quantitative estimate of drug-likeness (QED) is 0.782. The highest BCUT2D eigenvalue weighted by molar-refractivity contribution is 6.18.